The van der Waals surface area contributed by atoms with Crippen LogP contribution in [-0.4, -0.2) is 35.9 Å². The maximum absolute atomic E-state index is 14.3. The van der Waals surface area contributed by atoms with Crippen LogP contribution in [0.5, 0.6) is 11.5 Å². The maximum Gasteiger partial charge on any atom is 0.296 e. The number of carbonyl (C=O) groups is 2. The summed E-state index contributed by atoms with van der Waals surface area (Å²) in [6.07, 6.45) is 1.47. The summed E-state index contributed by atoms with van der Waals surface area (Å²) in [4.78, 5) is 27.2. The van der Waals surface area contributed by atoms with Gasteiger partial charge in [0.2, 0.25) is 0 Å². The largest absolute Gasteiger partial charge is 0.507 e. The van der Waals surface area contributed by atoms with Crippen molar-refractivity contribution in [3.05, 3.63) is 89.1 Å². The highest BCUT2D eigenvalue weighted by molar-refractivity contribution is 6.46. The second-order valence-electron chi connectivity index (χ2n) is 7.13. The van der Waals surface area contributed by atoms with E-state index in [0.29, 0.717) is 17.1 Å². The van der Waals surface area contributed by atoms with Crippen LogP contribution in [0, 0.1) is 5.82 Å². The van der Waals surface area contributed by atoms with E-state index in [-0.39, 0.29) is 23.4 Å². The van der Waals surface area contributed by atoms with Gasteiger partial charge >= 0.3 is 0 Å². The highest BCUT2D eigenvalue weighted by Crippen LogP contribution is 2.41. The van der Waals surface area contributed by atoms with Crippen molar-refractivity contribution in [1.82, 2.24) is 4.90 Å². The lowest BCUT2D eigenvalue weighted by atomic mass is 9.95. The summed E-state index contributed by atoms with van der Waals surface area (Å²) >= 11 is 0. The number of hydrogen-bond donors (Lipinski definition) is 1. The predicted molar refractivity (Wildman–Crippen MR) is 113 cm³/mol. The van der Waals surface area contributed by atoms with Crippen molar-refractivity contribution in [2.45, 2.75) is 12.6 Å². The fraction of sp³-hybridized carbons (Fsp3) is 0.167. The zero-order valence-electron chi connectivity index (χ0n) is 17.4. The molecule has 1 aliphatic rings. The molecule has 0 aliphatic carbocycles. The number of methoxy groups -OCH3 is 2. The molecule has 32 heavy (non-hydrogen) atoms. The van der Waals surface area contributed by atoms with Crippen LogP contribution in [-0.2, 0) is 16.1 Å². The van der Waals surface area contributed by atoms with Crippen LogP contribution in [0.1, 0.15) is 22.9 Å². The SMILES string of the molecule is COc1ccc([C@H]2C(=C(O)c3ccc(OC)c(F)c3)C(=O)C(=O)N2Cc2ccco2)cc1. The van der Waals surface area contributed by atoms with E-state index in [9.17, 15) is 19.1 Å². The number of carbonyl (C=O) groups excluding carboxylic acids is 2. The van der Waals surface area contributed by atoms with Gasteiger partial charge in [0.1, 0.15) is 17.3 Å². The number of aliphatic hydroxyl groups is 1. The smallest absolute Gasteiger partial charge is 0.296 e. The molecule has 1 saturated heterocycles. The van der Waals surface area contributed by atoms with Crippen LogP contribution in [0.3, 0.4) is 0 Å². The highest BCUT2D eigenvalue weighted by atomic mass is 19.1. The third-order valence-electron chi connectivity index (χ3n) is 5.30. The molecule has 164 valence electrons. The molecule has 1 aliphatic heterocycles. The van der Waals surface area contributed by atoms with Crippen molar-refractivity contribution in [1.29, 1.82) is 0 Å². The number of ether oxygens (including phenoxy) is 2. The normalized spacial score (nSPS) is 17.6. The van der Waals surface area contributed by atoms with Gasteiger partial charge in [-0.1, -0.05) is 12.1 Å². The van der Waals surface area contributed by atoms with Gasteiger partial charge in [0, 0.05) is 5.56 Å². The molecule has 0 spiro atoms. The first-order valence-electron chi connectivity index (χ1n) is 9.73. The Morgan fingerprint density at radius 3 is 2.44 bits per heavy atom. The van der Waals surface area contributed by atoms with Crippen molar-refractivity contribution < 1.29 is 33.0 Å². The van der Waals surface area contributed by atoms with E-state index < -0.39 is 29.3 Å². The lowest BCUT2D eigenvalue weighted by Crippen LogP contribution is -2.29. The minimum absolute atomic E-state index is 0.00785. The van der Waals surface area contributed by atoms with E-state index in [1.807, 2.05) is 0 Å². The topological polar surface area (TPSA) is 89.2 Å². The van der Waals surface area contributed by atoms with E-state index in [2.05, 4.69) is 0 Å². The number of likely N-dealkylation sites (tertiary alicyclic amines) is 1. The Kier molecular flexibility index (Phi) is 5.68. The molecule has 0 saturated carbocycles. The van der Waals surface area contributed by atoms with Gasteiger partial charge in [-0.05, 0) is 48.0 Å². The molecule has 7 nitrogen and oxygen atoms in total. The van der Waals surface area contributed by atoms with Gasteiger partial charge in [-0.25, -0.2) is 4.39 Å². The lowest BCUT2D eigenvalue weighted by molar-refractivity contribution is -0.140. The summed E-state index contributed by atoms with van der Waals surface area (Å²) < 4.78 is 29.7. The Bertz CT molecular complexity index is 1180. The second-order valence-corrected chi connectivity index (χ2v) is 7.13. The van der Waals surface area contributed by atoms with E-state index >= 15 is 0 Å². The zero-order chi connectivity index (χ0) is 22.8. The summed E-state index contributed by atoms with van der Waals surface area (Å²) in [6, 6.07) is 13.0. The summed E-state index contributed by atoms with van der Waals surface area (Å²) in [5.74, 6) is -1.79. The summed E-state index contributed by atoms with van der Waals surface area (Å²) in [6.45, 7) is 0.0159. The monoisotopic (exact) mass is 437 g/mol. The van der Waals surface area contributed by atoms with Crippen molar-refractivity contribution in [2.24, 2.45) is 0 Å². The Hall–Kier alpha value is -4.07. The van der Waals surface area contributed by atoms with Gasteiger partial charge in [0.25, 0.3) is 11.7 Å². The highest BCUT2D eigenvalue weighted by Gasteiger charge is 2.46. The van der Waals surface area contributed by atoms with Gasteiger partial charge in [0.05, 0.1) is 38.6 Å². The second kappa shape index (κ2) is 8.58. The molecule has 1 atom stereocenters. The molecule has 0 bridgehead atoms. The fourth-order valence-electron chi connectivity index (χ4n) is 3.72. The number of benzene rings is 2. The Morgan fingerprint density at radius 1 is 1.09 bits per heavy atom. The number of amides is 1. The number of aliphatic hydroxyl groups excluding tert-OH is 1. The Labute approximate surface area is 183 Å². The van der Waals surface area contributed by atoms with Crippen LogP contribution in [0.15, 0.2) is 70.9 Å². The third-order valence-corrected chi connectivity index (χ3v) is 5.30. The standard InChI is InChI=1S/C24H20FNO6/c1-30-16-8-5-14(6-9-16)21-20(22(27)15-7-10-19(31-2)18(25)12-15)23(28)24(29)26(21)13-17-4-3-11-32-17/h3-12,21,27H,13H2,1-2H3/t21-/m0/s1. The fourth-order valence-corrected chi connectivity index (χ4v) is 3.72. The van der Waals surface area contributed by atoms with E-state index in [1.54, 1.807) is 36.4 Å². The predicted octanol–water partition coefficient (Wildman–Crippen LogP) is 4.06. The third kappa shape index (κ3) is 3.71. The summed E-state index contributed by atoms with van der Waals surface area (Å²) in [5, 5.41) is 11.0. The van der Waals surface area contributed by atoms with Gasteiger partial charge < -0.3 is 23.9 Å². The molecule has 0 unspecified atom stereocenters. The quantitative estimate of drug-likeness (QED) is 0.355. The van der Waals surface area contributed by atoms with Crippen molar-refractivity contribution in [3.63, 3.8) is 0 Å². The molecule has 1 amide bonds. The Morgan fingerprint density at radius 2 is 1.84 bits per heavy atom. The zero-order valence-corrected chi connectivity index (χ0v) is 17.4. The first-order valence-corrected chi connectivity index (χ1v) is 9.73. The van der Waals surface area contributed by atoms with Gasteiger partial charge in [-0.2, -0.15) is 0 Å². The molecule has 2 aromatic carbocycles. The first-order chi connectivity index (χ1) is 15.4. The van der Waals surface area contributed by atoms with Crippen molar-refractivity contribution in [2.75, 3.05) is 14.2 Å². The molecule has 1 aromatic heterocycles. The summed E-state index contributed by atoms with van der Waals surface area (Å²) in [5.41, 5.74) is 0.487. The number of ketones is 1. The minimum Gasteiger partial charge on any atom is -0.507 e. The van der Waals surface area contributed by atoms with Gasteiger partial charge in [0.15, 0.2) is 11.6 Å². The maximum atomic E-state index is 14.3. The van der Waals surface area contributed by atoms with Crippen LogP contribution >= 0.6 is 0 Å². The first kappa shape index (κ1) is 21.2. The molecule has 1 fully saturated rings. The van der Waals surface area contributed by atoms with Gasteiger partial charge in [-0.3, -0.25) is 9.59 Å². The molecule has 0 radical (unpaired) electrons. The Balaban J connectivity index is 1.85. The van der Waals surface area contributed by atoms with Gasteiger partial charge in [-0.15, -0.1) is 0 Å². The molecule has 3 aromatic rings. The van der Waals surface area contributed by atoms with Crippen LogP contribution in [0.25, 0.3) is 5.76 Å². The lowest BCUT2D eigenvalue weighted by Gasteiger charge is -2.24. The molecule has 1 N–H and O–H groups in total. The van der Waals surface area contributed by atoms with E-state index in [4.69, 9.17) is 13.9 Å². The number of hydrogen-bond acceptors (Lipinski definition) is 6. The molecule has 2 heterocycles. The van der Waals surface area contributed by atoms with E-state index in [1.165, 1.54) is 37.5 Å². The van der Waals surface area contributed by atoms with E-state index in [0.717, 1.165) is 6.07 Å². The average Bonchev–Trinajstić information content (AvgIpc) is 3.41. The molecule has 8 heteroatoms. The van der Waals surface area contributed by atoms with Crippen LogP contribution < -0.4 is 9.47 Å². The van der Waals surface area contributed by atoms with Crippen molar-refractivity contribution >= 4 is 17.4 Å². The molecular formula is C24H20FNO6. The average molecular weight is 437 g/mol. The summed E-state index contributed by atoms with van der Waals surface area (Å²) in [7, 11) is 2.85. The number of Topliss-reactive ketones (excluding diaryl/α,β-unsaturated/α-hetero) is 1. The minimum atomic E-state index is -0.906. The number of nitrogens with zero attached hydrogens (tertiary/aromatic N) is 1. The number of halogens is 1. The number of rotatable bonds is 6. The van der Waals surface area contributed by atoms with Crippen molar-refractivity contribution in [3.8, 4) is 11.5 Å². The molecule has 4 rings (SSSR count). The molecular weight excluding hydrogens is 417 g/mol. The number of furan rings is 1. The van der Waals surface area contributed by atoms with Crippen LogP contribution in [0.2, 0.25) is 0 Å². The van der Waals surface area contributed by atoms with Crippen LogP contribution in [0.4, 0.5) is 4.39 Å².